The highest BCUT2D eigenvalue weighted by atomic mass is 16.4. The number of piperidine rings is 1. The van der Waals surface area contributed by atoms with Crippen LogP contribution in [0.4, 0.5) is 5.69 Å². The zero-order chi connectivity index (χ0) is 14.5. The van der Waals surface area contributed by atoms with Gasteiger partial charge in [-0.25, -0.2) is 0 Å². The Bertz CT molecular complexity index is 514. The molecule has 1 heterocycles. The first-order valence-electron chi connectivity index (χ1n) is 6.88. The van der Waals surface area contributed by atoms with Gasteiger partial charge in [-0.2, -0.15) is 0 Å². The van der Waals surface area contributed by atoms with Crippen molar-refractivity contribution in [1.29, 1.82) is 0 Å². The summed E-state index contributed by atoms with van der Waals surface area (Å²) in [6.45, 7) is 5.89. The minimum Gasteiger partial charge on any atom is -0.411 e. The van der Waals surface area contributed by atoms with Gasteiger partial charge in [0.1, 0.15) is 0 Å². The number of aryl methyl sites for hydroxylation is 1. The zero-order valence-electron chi connectivity index (χ0n) is 12.0. The highest BCUT2D eigenvalue weighted by molar-refractivity contribution is 5.92. The van der Waals surface area contributed by atoms with Gasteiger partial charge in [-0.1, -0.05) is 24.2 Å². The normalized spacial score (nSPS) is 21.9. The van der Waals surface area contributed by atoms with Gasteiger partial charge in [-0.3, -0.25) is 9.69 Å². The van der Waals surface area contributed by atoms with E-state index in [0.717, 1.165) is 36.5 Å². The molecule has 1 aliphatic rings. The van der Waals surface area contributed by atoms with E-state index in [1.54, 1.807) is 0 Å². The fraction of sp³-hybridized carbons (Fsp3) is 0.467. The molecular weight excluding hydrogens is 254 g/mol. The number of carbonyl (C=O) groups excluding carboxylic acids is 1. The lowest BCUT2D eigenvalue weighted by atomic mass is 9.98. The lowest BCUT2D eigenvalue weighted by Gasteiger charge is -2.30. The second kappa shape index (κ2) is 6.52. The maximum atomic E-state index is 12.0. The van der Waals surface area contributed by atoms with Crippen molar-refractivity contribution in [1.82, 2.24) is 4.90 Å². The van der Waals surface area contributed by atoms with Crippen molar-refractivity contribution >= 4 is 17.3 Å². The molecule has 1 aliphatic heterocycles. The largest absolute Gasteiger partial charge is 0.411 e. The van der Waals surface area contributed by atoms with E-state index < -0.39 is 0 Å². The molecule has 0 radical (unpaired) electrons. The summed E-state index contributed by atoms with van der Waals surface area (Å²) in [4.78, 5) is 14.1. The van der Waals surface area contributed by atoms with Crippen LogP contribution in [0.15, 0.2) is 29.4 Å². The van der Waals surface area contributed by atoms with Gasteiger partial charge >= 0.3 is 0 Å². The van der Waals surface area contributed by atoms with E-state index in [2.05, 4.69) is 15.4 Å². The van der Waals surface area contributed by atoms with E-state index >= 15 is 0 Å². The number of amides is 1. The molecule has 2 rings (SSSR count). The SMILES string of the molecule is Cc1cccc(NC(=O)CN2CC/C(=N\O)C(C)C2)c1. The summed E-state index contributed by atoms with van der Waals surface area (Å²) >= 11 is 0. The second-order valence-electron chi connectivity index (χ2n) is 5.40. The van der Waals surface area contributed by atoms with Crippen molar-refractivity contribution in [2.75, 3.05) is 25.0 Å². The fourth-order valence-corrected chi connectivity index (χ4v) is 2.52. The van der Waals surface area contributed by atoms with Crippen molar-refractivity contribution in [2.45, 2.75) is 20.3 Å². The first kappa shape index (κ1) is 14.5. The Labute approximate surface area is 119 Å². The van der Waals surface area contributed by atoms with Crippen LogP contribution in [0.25, 0.3) is 0 Å². The first-order valence-corrected chi connectivity index (χ1v) is 6.88. The van der Waals surface area contributed by atoms with Crippen LogP contribution in [0.1, 0.15) is 18.9 Å². The Balaban J connectivity index is 1.86. The van der Waals surface area contributed by atoms with Crippen molar-refractivity contribution in [2.24, 2.45) is 11.1 Å². The number of likely N-dealkylation sites (tertiary alicyclic amines) is 1. The monoisotopic (exact) mass is 275 g/mol. The number of anilines is 1. The predicted molar refractivity (Wildman–Crippen MR) is 79.3 cm³/mol. The van der Waals surface area contributed by atoms with E-state index in [0.29, 0.717) is 6.54 Å². The van der Waals surface area contributed by atoms with Gasteiger partial charge in [0.25, 0.3) is 0 Å². The average Bonchev–Trinajstić information content (AvgIpc) is 2.38. The number of carbonyl (C=O) groups is 1. The molecule has 0 saturated carbocycles. The Hall–Kier alpha value is -1.88. The van der Waals surface area contributed by atoms with Crippen LogP contribution >= 0.6 is 0 Å². The molecule has 1 saturated heterocycles. The maximum absolute atomic E-state index is 12.0. The minimum atomic E-state index is -0.00723. The molecule has 1 unspecified atom stereocenters. The number of hydrogen-bond acceptors (Lipinski definition) is 4. The number of rotatable bonds is 3. The van der Waals surface area contributed by atoms with Crippen molar-refractivity contribution in [3.8, 4) is 0 Å². The van der Waals surface area contributed by atoms with E-state index in [9.17, 15) is 4.79 Å². The molecule has 5 nitrogen and oxygen atoms in total. The molecular formula is C15H21N3O2. The van der Waals surface area contributed by atoms with Gasteiger partial charge in [-0.05, 0) is 24.6 Å². The van der Waals surface area contributed by atoms with Crippen LogP contribution in [-0.2, 0) is 4.79 Å². The third kappa shape index (κ3) is 3.81. The van der Waals surface area contributed by atoms with Gasteiger partial charge in [0.2, 0.25) is 5.91 Å². The number of nitrogens with zero attached hydrogens (tertiary/aromatic N) is 2. The first-order chi connectivity index (χ1) is 9.58. The van der Waals surface area contributed by atoms with Crippen LogP contribution in [0, 0.1) is 12.8 Å². The molecule has 0 spiro atoms. The Kier molecular flexibility index (Phi) is 4.74. The Morgan fingerprint density at radius 1 is 1.55 bits per heavy atom. The summed E-state index contributed by atoms with van der Waals surface area (Å²) in [6, 6.07) is 7.77. The summed E-state index contributed by atoms with van der Waals surface area (Å²) < 4.78 is 0. The van der Waals surface area contributed by atoms with E-state index in [-0.39, 0.29) is 11.8 Å². The molecule has 1 amide bonds. The van der Waals surface area contributed by atoms with Crippen LogP contribution in [0.3, 0.4) is 0 Å². The number of hydrogen-bond donors (Lipinski definition) is 2. The smallest absolute Gasteiger partial charge is 0.238 e. The number of benzene rings is 1. The average molecular weight is 275 g/mol. The number of oxime groups is 1. The van der Waals surface area contributed by atoms with Gasteiger partial charge < -0.3 is 10.5 Å². The molecule has 108 valence electrons. The third-order valence-electron chi connectivity index (χ3n) is 3.58. The molecule has 0 bridgehead atoms. The summed E-state index contributed by atoms with van der Waals surface area (Å²) in [7, 11) is 0. The third-order valence-corrected chi connectivity index (χ3v) is 3.58. The molecule has 1 aromatic carbocycles. The van der Waals surface area contributed by atoms with E-state index in [1.807, 2.05) is 38.1 Å². The molecule has 1 atom stereocenters. The topological polar surface area (TPSA) is 64.9 Å². The number of nitrogens with one attached hydrogen (secondary N) is 1. The summed E-state index contributed by atoms with van der Waals surface area (Å²) in [6.07, 6.45) is 0.718. The van der Waals surface area contributed by atoms with E-state index in [4.69, 9.17) is 5.21 Å². The van der Waals surface area contributed by atoms with Gasteiger partial charge in [0.15, 0.2) is 0 Å². The van der Waals surface area contributed by atoms with Gasteiger partial charge in [0, 0.05) is 31.1 Å². The summed E-state index contributed by atoms with van der Waals surface area (Å²) in [5.74, 6) is 0.188. The standard InChI is InChI=1S/C15H21N3O2/c1-11-4-3-5-13(8-11)16-15(19)10-18-7-6-14(17-20)12(2)9-18/h3-5,8,12,20H,6-7,9-10H2,1-2H3,(H,16,19)/b17-14+. The second-order valence-corrected chi connectivity index (χ2v) is 5.40. The van der Waals surface area contributed by atoms with Crippen LogP contribution in [-0.4, -0.2) is 41.4 Å². The predicted octanol–water partition coefficient (Wildman–Crippen LogP) is 2.11. The quantitative estimate of drug-likeness (QED) is 0.656. The molecule has 2 N–H and O–H groups in total. The molecule has 5 heteroatoms. The van der Waals surface area contributed by atoms with Gasteiger partial charge in [-0.15, -0.1) is 0 Å². The molecule has 1 fully saturated rings. The van der Waals surface area contributed by atoms with Crippen molar-refractivity contribution < 1.29 is 10.0 Å². The zero-order valence-corrected chi connectivity index (χ0v) is 12.0. The molecule has 0 aliphatic carbocycles. The van der Waals surface area contributed by atoms with E-state index in [1.165, 1.54) is 0 Å². The van der Waals surface area contributed by atoms with Crippen LogP contribution in [0.2, 0.25) is 0 Å². The summed E-state index contributed by atoms with van der Waals surface area (Å²) in [5, 5.41) is 15.1. The fourth-order valence-electron chi connectivity index (χ4n) is 2.52. The molecule has 0 aromatic heterocycles. The summed E-state index contributed by atoms with van der Waals surface area (Å²) in [5.41, 5.74) is 2.77. The van der Waals surface area contributed by atoms with Crippen LogP contribution in [0.5, 0.6) is 0 Å². The van der Waals surface area contributed by atoms with Gasteiger partial charge in [0.05, 0.1) is 12.3 Å². The van der Waals surface area contributed by atoms with Crippen LogP contribution < -0.4 is 5.32 Å². The molecule has 20 heavy (non-hydrogen) atoms. The Morgan fingerprint density at radius 3 is 3.00 bits per heavy atom. The Morgan fingerprint density at radius 2 is 2.35 bits per heavy atom. The highest BCUT2D eigenvalue weighted by Gasteiger charge is 2.23. The highest BCUT2D eigenvalue weighted by Crippen LogP contribution is 2.14. The maximum Gasteiger partial charge on any atom is 0.238 e. The lowest BCUT2D eigenvalue weighted by Crippen LogP contribution is -2.43. The molecule has 1 aromatic rings. The minimum absolute atomic E-state index is 0.00723. The lowest BCUT2D eigenvalue weighted by molar-refractivity contribution is -0.117. The van der Waals surface area contributed by atoms with Crippen molar-refractivity contribution in [3.05, 3.63) is 29.8 Å². The van der Waals surface area contributed by atoms with Crippen molar-refractivity contribution in [3.63, 3.8) is 0 Å².